The van der Waals surface area contributed by atoms with Gasteiger partial charge in [0.25, 0.3) is 11.4 Å². The summed E-state index contributed by atoms with van der Waals surface area (Å²) in [6.45, 7) is 0. The van der Waals surface area contributed by atoms with E-state index >= 15 is 0 Å². The van der Waals surface area contributed by atoms with Crippen LogP contribution in [0.15, 0.2) is 0 Å². The van der Waals surface area contributed by atoms with Crippen molar-refractivity contribution in [2.75, 3.05) is 0 Å². The number of hydrogen-bond donors (Lipinski definition) is 2. The molecule has 6 heteroatoms. The average Bonchev–Trinajstić information content (AvgIpc) is 0.811. The Bertz CT molecular complexity index is 31.8. The molecule has 0 aromatic heterocycles. The summed E-state index contributed by atoms with van der Waals surface area (Å²) in [5.74, 6) is 0. The van der Waals surface area contributed by atoms with Crippen LogP contribution in [0.1, 0.15) is 0 Å². The first-order chi connectivity index (χ1) is 1.73. The van der Waals surface area contributed by atoms with Gasteiger partial charge in [0.05, 0.1) is 0 Å². The van der Waals surface area contributed by atoms with E-state index in [0.29, 0.717) is 0 Å². The molecule has 0 saturated heterocycles. The minimum atomic E-state index is -2.61. The number of hydrogen-bond acceptors (Lipinski definition) is 1. The van der Waals surface area contributed by atoms with Crippen molar-refractivity contribution in [2.24, 2.45) is 0 Å². The van der Waals surface area contributed by atoms with E-state index in [-0.39, 0.29) is 103 Å². The molecule has 0 unspecified atom stereocenters. The Balaban J connectivity index is -0.0000000450. The van der Waals surface area contributed by atoms with Gasteiger partial charge in [0, 0.05) is 0 Å². The second-order valence-corrected chi connectivity index (χ2v) is 0.692. The summed E-state index contributed by atoms with van der Waals surface area (Å²) in [7, 11) is 0. The van der Waals surface area contributed by atoms with Gasteiger partial charge in [-0.1, -0.05) is 0 Å². The SMILES string of the molecule is O=S(O)O.[KH].[KH]. The molecular formula is H4K2O3S. The van der Waals surface area contributed by atoms with Gasteiger partial charge in [0.1, 0.15) is 0 Å². The zero-order valence-corrected chi connectivity index (χ0v) is 2.53. The standard InChI is InChI=1S/2K.H2O3S.2H/c;;1-4(2)3;;/h;;(H2,1,2,3);;. The predicted molar refractivity (Wildman–Crippen MR) is 27.7 cm³/mol. The van der Waals surface area contributed by atoms with Gasteiger partial charge >= 0.3 is 103 Å². The normalized spacial score (nSPS) is 5.83. The molecule has 0 aromatic rings. The first-order valence-corrected chi connectivity index (χ1v) is 1.60. The summed E-state index contributed by atoms with van der Waals surface area (Å²) >= 11 is -2.61. The van der Waals surface area contributed by atoms with E-state index in [2.05, 4.69) is 0 Å². The van der Waals surface area contributed by atoms with Crippen LogP contribution in [0.2, 0.25) is 0 Å². The molecule has 0 aliphatic heterocycles. The Kier molecular flexibility index (Phi) is 30.1. The molecule has 30 valence electrons. The maximum atomic E-state index is 8.67. The van der Waals surface area contributed by atoms with E-state index in [9.17, 15) is 0 Å². The molecule has 3 nitrogen and oxygen atoms in total. The summed E-state index contributed by atoms with van der Waals surface area (Å²) in [5, 5.41) is 0. The molecule has 0 spiro atoms. The van der Waals surface area contributed by atoms with E-state index in [1.54, 1.807) is 0 Å². The van der Waals surface area contributed by atoms with Crippen molar-refractivity contribution in [3.05, 3.63) is 0 Å². The van der Waals surface area contributed by atoms with Gasteiger partial charge in [0.15, 0.2) is 0 Å². The fourth-order valence-corrected chi connectivity index (χ4v) is 0. The second-order valence-electron chi connectivity index (χ2n) is 0.231. The predicted octanol–water partition coefficient (Wildman–Crippen LogP) is -1.62. The van der Waals surface area contributed by atoms with E-state index in [0.717, 1.165) is 0 Å². The zero-order chi connectivity index (χ0) is 3.58. The van der Waals surface area contributed by atoms with Crippen molar-refractivity contribution < 1.29 is 13.3 Å². The van der Waals surface area contributed by atoms with E-state index in [1.807, 2.05) is 0 Å². The van der Waals surface area contributed by atoms with Gasteiger partial charge < -0.3 is 0 Å². The summed E-state index contributed by atoms with van der Waals surface area (Å²) in [6.07, 6.45) is 0. The van der Waals surface area contributed by atoms with Gasteiger partial charge in [-0.25, -0.2) is 0 Å². The Hall–Kier alpha value is 3.34. The van der Waals surface area contributed by atoms with Crippen molar-refractivity contribution in [2.45, 2.75) is 0 Å². The summed E-state index contributed by atoms with van der Waals surface area (Å²) in [5.41, 5.74) is 0. The van der Waals surface area contributed by atoms with Crippen molar-refractivity contribution >= 4 is 114 Å². The van der Waals surface area contributed by atoms with Crippen molar-refractivity contribution in [3.8, 4) is 0 Å². The molecule has 0 heterocycles. The molecule has 0 radical (unpaired) electrons. The average molecular weight is 162 g/mol. The van der Waals surface area contributed by atoms with Gasteiger partial charge in [-0.15, -0.1) is 0 Å². The third kappa shape index (κ3) is 26.4. The molecule has 0 aliphatic carbocycles. The third-order valence-electron chi connectivity index (χ3n) is 0. The van der Waals surface area contributed by atoms with Crippen LogP contribution >= 0.6 is 0 Å². The van der Waals surface area contributed by atoms with E-state index in [1.165, 1.54) is 0 Å². The molecular weight excluding hydrogens is 158 g/mol. The minimum absolute atomic E-state index is 0. The monoisotopic (exact) mass is 162 g/mol. The molecule has 0 atom stereocenters. The fraction of sp³-hybridized carbons (Fsp3) is 0. The molecule has 0 rings (SSSR count). The van der Waals surface area contributed by atoms with Crippen molar-refractivity contribution in [1.29, 1.82) is 0 Å². The Morgan fingerprint density at radius 2 is 1.17 bits per heavy atom. The molecule has 0 amide bonds. The Labute approximate surface area is 124 Å². The van der Waals surface area contributed by atoms with Crippen LogP contribution in [0.25, 0.3) is 0 Å². The summed E-state index contributed by atoms with van der Waals surface area (Å²) in [4.78, 5) is 0. The molecule has 0 aromatic carbocycles. The zero-order valence-electron chi connectivity index (χ0n) is 1.71. The third-order valence-corrected chi connectivity index (χ3v) is 0. The van der Waals surface area contributed by atoms with Crippen LogP contribution in [0.3, 0.4) is 0 Å². The van der Waals surface area contributed by atoms with Gasteiger partial charge in [-0.3, -0.25) is 9.11 Å². The van der Waals surface area contributed by atoms with Crippen LogP contribution in [0.5, 0.6) is 0 Å². The topological polar surface area (TPSA) is 57.5 Å². The first kappa shape index (κ1) is 16.2. The van der Waals surface area contributed by atoms with Crippen molar-refractivity contribution in [1.82, 2.24) is 0 Å². The van der Waals surface area contributed by atoms with Crippen LogP contribution in [-0.4, -0.2) is 116 Å². The van der Waals surface area contributed by atoms with Gasteiger partial charge in [0.2, 0.25) is 0 Å². The quantitative estimate of drug-likeness (QED) is 0.333. The van der Waals surface area contributed by atoms with Crippen LogP contribution in [0, 0.1) is 0 Å². The molecule has 6 heavy (non-hydrogen) atoms. The van der Waals surface area contributed by atoms with Crippen LogP contribution in [0.4, 0.5) is 0 Å². The second kappa shape index (κ2) is 11.2. The Morgan fingerprint density at radius 1 is 1.17 bits per heavy atom. The van der Waals surface area contributed by atoms with Crippen LogP contribution in [-0.2, 0) is 11.4 Å². The molecule has 0 aliphatic rings. The fourth-order valence-electron chi connectivity index (χ4n) is 0. The summed E-state index contributed by atoms with van der Waals surface area (Å²) in [6, 6.07) is 0. The molecule has 0 saturated carbocycles. The van der Waals surface area contributed by atoms with Gasteiger partial charge in [-0.05, 0) is 0 Å². The first-order valence-electron chi connectivity index (χ1n) is 0.532. The van der Waals surface area contributed by atoms with Crippen molar-refractivity contribution in [3.63, 3.8) is 0 Å². The molecule has 0 bridgehead atoms. The molecule has 0 fully saturated rings. The molecule has 2 N–H and O–H groups in total. The van der Waals surface area contributed by atoms with Gasteiger partial charge in [-0.2, -0.15) is 4.21 Å². The maximum absolute atomic E-state index is 8.67. The van der Waals surface area contributed by atoms with E-state index in [4.69, 9.17) is 13.3 Å². The Morgan fingerprint density at radius 3 is 1.17 bits per heavy atom. The number of rotatable bonds is 0. The van der Waals surface area contributed by atoms with E-state index < -0.39 is 11.4 Å². The van der Waals surface area contributed by atoms with Crippen LogP contribution < -0.4 is 0 Å². The summed E-state index contributed by atoms with van der Waals surface area (Å²) < 4.78 is 22.8.